The van der Waals surface area contributed by atoms with Crippen LogP contribution in [0.25, 0.3) is 11.0 Å². The summed E-state index contributed by atoms with van der Waals surface area (Å²) in [5.41, 5.74) is -3.25. The smallest absolute Gasteiger partial charge is 0.334 e. The fourth-order valence-corrected chi connectivity index (χ4v) is 3.54. The van der Waals surface area contributed by atoms with Crippen molar-refractivity contribution in [1.29, 1.82) is 0 Å². The Bertz CT molecular complexity index is 1040. The fraction of sp³-hybridized carbons (Fsp3) is 0.529. The molecule has 1 fully saturated rings. The molecule has 0 bridgehead atoms. The number of carbonyl (C=O) groups excluding carboxylic acids is 1. The predicted molar refractivity (Wildman–Crippen MR) is 91.2 cm³/mol. The van der Waals surface area contributed by atoms with Crippen LogP contribution in [0.4, 0.5) is 13.2 Å². The summed E-state index contributed by atoms with van der Waals surface area (Å²) in [6.07, 6.45) is -3.46. The van der Waals surface area contributed by atoms with E-state index in [0.29, 0.717) is 24.0 Å². The highest BCUT2D eigenvalue weighted by molar-refractivity contribution is 5.80. The number of rotatable bonds is 2. The molecule has 0 aliphatic carbocycles. The van der Waals surface area contributed by atoms with E-state index in [1.807, 2.05) is 0 Å². The van der Waals surface area contributed by atoms with E-state index in [1.54, 1.807) is 6.92 Å². The minimum atomic E-state index is -4.81. The van der Waals surface area contributed by atoms with Gasteiger partial charge in [-0.15, -0.1) is 0 Å². The van der Waals surface area contributed by atoms with Crippen LogP contribution in [0.5, 0.6) is 0 Å². The van der Waals surface area contributed by atoms with Gasteiger partial charge in [-0.25, -0.2) is 9.78 Å². The number of likely N-dealkylation sites (tertiary alicyclic amines) is 1. The minimum absolute atomic E-state index is 0.0392. The number of hydrogen-bond acceptors (Lipinski definition) is 4. The van der Waals surface area contributed by atoms with Gasteiger partial charge in [0.2, 0.25) is 5.91 Å². The van der Waals surface area contributed by atoms with E-state index in [4.69, 9.17) is 0 Å². The molecule has 1 saturated heterocycles. The van der Waals surface area contributed by atoms with Gasteiger partial charge >= 0.3 is 11.9 Å². The first kappa shape index (κ1) is 19.1. The maximum atomic E-state index is 13.7. The van der Waals surface area contributed by atoms with Crippen molar-refractivity contribution in [2.75, 3.05) is 6.54 Å². The Balaban J connectivity index is 2.36. The van der Waals surface area contributed by atoms with E-state index in [-0.39, 0.29) is 23.7 Å². The lowest BCUT2D eigenvalue weighted by Crippen LogP contribution is -2.38. The molecule has 1 aliphatic rings. The Morgan fingerprint density at radius 2 is 1.93 bits per heavy atom. The molecule has 0 unspecified atom stereocenters. The number of pyridine rings is 1. The molecule has 10 heteroatoms. The molecule has 0 aromatic carbocycles. The Hall–Kier alpha value is -2.65. The van der Waals surface area contributed by atoms with Gasteiger partial charge in [0.05, 0.1) is 22.7 Å². The van der Waals surface area contributed by atoms with Crippen molar-refractivity contribution in [2.24, 2.45) is 14.1 Å². The van der Waals surface area contributed by atoms with Gasteiger partial charge in [0.1, 0.15) is 5.65 Å². The van der Waals surface area contributed by atoms with E-state index in [0.717, 1.165) is 17.7 Å². The molecule has 0 spiro atoms. The van der Waals surface area contributed by atoms with Gasteiger partial charge in [-0.1, -0.05) is 6.92 Å². The van der Waals surface area contributed by atoms with Crippen molar-refractivity contribution in [3.05, 3.63) is 38.2 Å². The summed E-state index contributed by atoms with van der Waals surface area (Å²) in [6.45, 7) is 2.12. The SMILES string of the molecule is CCC(=O)N1CCC[C@@H]1c1cc(C(F)(F)F)c2c(=O)n(C)c(=O)n(C)c2n1. The zero-order chi connectivity index (χ0) is 20.1. The summed E-state index contributed by atoms with van der Waals surface area (Å²) < 4.78 is 42.7. The van der Waals surface area contributed by atoms with Crippen LogP contribution in [0.1, 0.15) is 43.5 Å². The number of fused-ring (bicyclic) bond motifs is 1. The number of hydrogen-bond donors (Lipinski definition) is 0. The van der Waals surface area contributed by atoms with Crippen molar-refractivity contribution in [3.8, 4) is 0 Å². The molecular weight excluding hydrogens is 365 g/mol. The molecule has 3 heterocycles. The molecule has 0 saturated carbocycles. The summed E-state index contributed by atoms with van der Waals surface area (Å²) in [7, 11) is 2.39. The molecule has 1 amide bonds. The summed E-state index contributed by atoms with van der Waals surface area (Å²) in [5.74, 6) is -0.175. The third kappa shape index (κ3) is 3.02. The van der Waals surface area contributed by atoms with Gasteiger partial charge in [-0.2, -0.15) is 13.2 Å². The highest BCUT2D eigenvalue weighted by atomic mass is 19.4. The van der Waals surface area contributed by atoms with Gasteiger partial charge in [-0.3, -0.25) is 18.7 Å². The number of aromatic nitrogens is 3. The zero-order valence-electron chi connectivity index (χ0n) is 15.1. The third-order valence-corrected chi connectivity index (χ3v) is 4.95. The van der Waals surface area contributed by atoms with E-state index < -0.39 is 34.4 Å². The maximum Gasteiger partial charge on any atom is 0.417 e. The lowest BCUT2D eigenvalue weighted by molar-refractivity contribution is -0.136. The summed E-state index contributed by atoms with van der Waals surface area (Å²) in [5, 5.41) is -0.651. The molecule has 1 aliphatic heterocycles. The molecular formula is C17H19F3N4O3. The number of alkyl halides is 3. The zero-order valence-corrected chi connectivity index (χ0v) is 15.1. The average Bonchev–Trinajstić information content (AvgIpc) is 3.12. The number of aryl methyl sites for hydroxylation is 1. The van der Waals surface area contributed by atoms with E-state index in [2.05, 4.69) is 4.98 Å². The molecule has 3 rings (SSSR count). The molecule has 27 heavy (non-hydrogen) atoms. The number of carbonyl (C=O) groups is 1. The van der Waals surface area contributed by atoms with E-state index in [1.165, 1.54) is 11.9 Å². The quantitative estimate of drug-likeness (QED) is 0.790. The number of amides is 1. The Morgan fingerprint density at radius 3 is 2.52 bits per heavy atom. The minimum Gasteiger partial charge on any atom is -0.334 e. The van der Waals surface area contributed by atoms with Crippen LogP contribution in [-0.2, 0) is 25.1 Å². The van der Waals surface area contributed by atoms with Gasteiger partial charge < -0.3 is 4.90 Å². The van der Waals surface area contributed by atoms with Crippen LogP contribution in [0.15, 0.2) is 15.7 Å². The molecule has 146 valence electrons. The molecule has 0 N–H and O–H groups in total. The van der Waals surface area contributed by atoms with Crippen LogP contribution in [0.3, 0.4) is 0 Å². The molecule has 2 aromatic heterocycles. The van der Waals surface area contributed by atoms with Crippen LogP contribution in [0, 0.1) is 0 Å². The van der Waals surface area contributed by atoms with Crippen molar-refractivity contribution in [1.82, 2.24) is 19.0 Å². The van der Waals surface area contributed by atoms with Crippen molar-refractivity contribution < 1.29 is 18.0 Å². The topological polar surface area (TPSA) is 77.2 Å². The van der Waals surface area contributed by atoms with Crippen LogP contribution < -0.4 is 11.2 Å². The average molecular weight is 384 g/mol. The van der Waals surface area contributed by atoms with Crippen molar-refractivity contribution >= 4 is 16.9 Å². The van der Waals surface area contributed by atoms with Gasteiger partial charge in [0.25, 0.3) is 5.56 Å². The first-order valence-electron chi connectivity index (χ1n) is 8.55. The van der Waals surface area contributed by atoms with Gasteiger partial charge in [-0.05, 0) is 18.9 Å². The monoisotopic (exact) mass is 384 g/mol. The maximum absolute atomic E-state index is 13.7. The molecule has 0 radical (unpaired) electrons. The largest absolute Gasteiger partial charge is 0.417 e. The lowest BCUT2D eigenvalue weighted by Gasteiger charge is -2.25. The van der Waals surface area contributed by atoms with Gasteiger partial charge in [0.15, 0.2) is 0 Å². The third-order valence-electron chi connectivity index (χ3n) is 4.95. The first-order chi connectivity index (χ1) is 12.6. The predicted octanol–water partition coefficient (Wildman–Crippen LogP) is 1.72. The second-order valence-corrected chi connectivity index (χ2v) is 6.60. The Morgan fingerprint density at radius 1 is 1.26 bits per heavy atom. The normalized spacial score (nSPS) is 17.7. The van der Waals surface area contributed by atoms with E-state index >= 15 is 0 Å². The van der Waals surface area contributed by atoms with Crippen molar-refractivity contribution in [2.45, 2.75) is 38.4 Å². The van der Waals surface area contributed by atoms with Crippen LogP contribution in [0.2, 0.25) is 0 Å². The highest BCUT2D eigenvalue weighted by Gasteiger charge is 2.38. The number of nitrogens with zero attached hydrogens (tertiary/aromatic N) is 4. The van der Waals surface area contributed by atoms with Crippen LogP contribution >= 0.6 is 0 Å². The summed E-state index contributed by atoms with van der Waals surface area (Å²) in [4.78, 5) is 42.4. The van der Waals surface area contributed by atoms with Crippen LogP contribution in [-0.4, -0.2) is 31.5 Å². The van der Waals surface area contributed by atoms with Crippen molar-refractivity contribution in [3.63, 3.8) is 0 Å². The first-order valence-corrected chi connectivity index (χ1v) is 8.55. The molecule has 1 atom stereocenters. The summed E-state index contributed by atoms with van der Waals surface area (Å²) in [6, 6.07) is 0.224. The van der Waals surface area contributed by atoms with Gasteiger partial charge in [0, 0.05) is 27.1 Å². The Labute approximate surface area is 152 Å². The lowest BCUT2D eigenvalue weighted by atomic mass is 10.0. The Kier molecular flexibility index (Phi) is 4.61. The second kappa shape index (κ2) is 6.50. The highest BCUT2D eigenvalue weighted by Crippen LogP contribution is 2.37. The fourth-order valence-electron chi connectivity index (χ4n) is 3.54. The second-order valence-electron chi connectivity index (χ2n) is 6.60. The number of halogens is 3. The standard InChI is InChI=1S/C17H19F3N4O3/c1-4-12(25)24-7-5-6-11(24)10-8-9(17(18,19)20)13-14(21-10)22(2)16(27)23(3)15(13)26/h8,11H,4-7H2,1-3H3/t11-/m1/s1. The summed E-state index contributed by atoms with van der Waals surface area (Å²) >= 11 is 0. The van der Waals surface area contributed by atoms with E-state index in [9.17, 15) is 27.6 Å². The molecule has 2 aromatic rings. The molecule has 7 nitrogen and oxygen atoms in total.